The van der Waals surface area contributed by atoms with Gasteiger partial charge in [-0.2, -0.15) is 5.10 Å². The van der Waals surface area contributed by atoms with Gasteiger partial charge in [-0.15, -0.1) is 0 Å². The highest BCUT2D eigenvalue weighted by Gasteiger charge is 2.39. The smallest absolute Gasteiger partial charge is 0.325 e. The number of carboxylic acids is 1. The molecule has 3 atom stereocenters. The number of fused-ring (bicyclic) bond motifs is 2. The molecule has 2 saturated carbocycles. The lowest BCUT2D eigenvalue weighted by molar-refractivity contribution is -0.137. The Bertz CT molecular complexity index is 542. The lowest BCUT2D eigenvalue weighted by atomic mass is 9.89. The van der Waals surface area contributed by atoms with Crippen LogP contribution >= 0.6 is 0 Å². The first-order chi connectivity index (χ1) is 10.1. The predicted octanol–water partition coefficient (Wildman–Crippen LogP) is 1.53. The van der Waals surface area contributed by atoms with Gasteiger partial charge in [0.05, 0.1) is 11.9 Å². The van der Waals surface area contributed by atoms with Gasteiger partial charge in [-0.1, -0.05) is 6.42 Å². The van der Waals surface area contributed by atoms with Crippen LogP contribution in [0.3, 0.4) is 0 Å². The van der Waals surface area contributed by atoms with Crippen molar-refractivity contribution >= 4 is 17.7 Å². The molecular weight excluding hydrogens is 272 g/mol. The summed E-state index contributed by atoms with van der Waals surface area (Å²) in [6.45, 7) is 0.505. The number of hydrogen-bond acceptors (Lipinski definition) is 3. The van der Waals surface area contributed by atoms with Gasteiger partial charge in [0.15, 0.2) is 0 Å². The molecule has 1 aromatic heterocycles. The minimum atomic E-state index is -0.967. The predicted molar refractivity (Wildman–Crippen MR) is 75.8 cm³/mol. The number of urea groups is 1. The molecule has 7 heteroatoms. The van der Waals surface area contributed by atoms with E-state index in [1.807, 2.05) is 0 Å². The highest BCUT2D eigenvalue weighted by atomic mass is 16.4. The summed E-state index contributed by atoms with van der Waals surface area (Å²) in [7, 11) is 0. The summed E-state index contributed by atoms with van der Waals surface area (Å²) in [5.74, 6) is 1.31. The summed E-state index contributed by atoms with van der Waals surface area (Å²) in [6.07, 6.45) is 8.18. The molecule has 0 radical (unpaired) electrons. The molecule has 2 bridgehead atoms. The zero-order valence-electron chi connectivity index (χ0n) is 11.8. The number of anilines is 1. The van der Waals surface area contributed by atoms with Gasteiger partial charge >= 0.3 is 12.0 Å². The van der Waals surface area contributed by atoms with Crippen LogP contribution in [0.15, 0.2) is 12.4 Å². The molecule has 2 fully saturated rings. The van der Waals surface area contributed by atoms with Crippen molar-refractivity contribution in [3.05, 3.63) is 12.4 Å². The van der Waals surface area contributed by atoms with E-state index in [9.17, 15) is 9.59 Å². The number of hydrogen-bond donors (Lipinski definition) is 3. The molecule has 0 saturated heterocycles. The van der Waals surface area contributed by atoms with E-state index < -0.39 is 5.97 Å². The van der Waals surface area contributed by atoms with E-state index in [4.69, 9.17) is 5.11 Å². The number of nitrogens with zero attached hydrogens (tertiary/aromatic N) is 2. The molecule has 114 valence electrons. The summed E-state index contributed by atoms with van der Waals surface area (Å²) < 4.78 is 1.27. The molecule has 2 aliphatic carbocycles. The van der Waals surface area contributed by atoms with Crippen molar-refractivity contribution in [1.29, 1.82) is 0 Å². The Labute approximate surface area is 122 Å². The zero-order valence-corrected chi connectivity index (χ0v) is 11.8. The summed E-state index contributed by atoms with van der Waals surface area (Å²) in [6, 6.07) is -0.257. The number of carbonyl (C=O) groups is 2. The second kappa shape index (κ2) is 5.75. The van der Waals surface area contributed by atoms with Crippen molar-refractivity contribution in [3.8, 4) is 0 Å². The Morgan fingerprint density at radius 1 is 1.38 bits per heavy atom. The Morgan fingerprint density at radius 2 is 2.24 bits per heavy atom. The highest BCUT2D eigenvalue weighted by Crippen LogP contribution is 2.47. The third kappa shape index (κ3) is 3.34. The van der Waals surface area contributed by atoms with Gasteiger partial charge in [-0.05, 0) is 37.0 Å². The van der Waals surface area contributed by atoms with E-state index in [2.05, 4.69) is 15.7 Å². The number of nitrogens with one attached hydrogen (secondary N) is 2. The maximum Gasteiger partial charge on any atom is 0.325 e. The average molecular weight is 292 g/mol. The van der Waals surface area contributed by atoms with Crippen LogP contribution in [0.2, 0.25) is 0 Å². The average Bonchev–Trinajstić information content (AvgIpc) is 3.12. The third-order valence-corrected chi connectivity index (χ3v) is 4.60. The zero-order chi connectivity index (χ0) is 14.8. The molecule has 2 aliphatic rings. The fourth-order valence-electron chi connectivity index (χ4n) is 3.68. The van der Waals surface area contributed by atoms with Gasteiger partial charge in [0.2, 0.25) is 0 Å². The largest absolute Gasteiger partial charge is 0.480 e. The van der Waals surface area contributed by atoms with Crippen LogP contribution in [0.1, 0.15) is 25.7 Å². The quantitative estimate of drug-likeness (QED) is 0.766. The number of carbonyl (C=O) groups excluding carboxylic acids is 1. The molecule has 0 aliphatic heterocycles. The number of rotatable bonds is 5. The third-order valence-electron chi connectivity index (χ3n) is 4.60. The topological polar surface area (TPSA) is 96.2 Å². The van der Waals surface area contributed by atoms with Crippen LogP contribution in [0, 0.1) is 17.8 Å². The van der Waals surface area contributed by atoms with Crippen molar-refractivity contribution in [1.82, 2.24) is 15.1 Å². The lowest BCUT2D eigenvalue weighted by Crippen LogP contribution is -2.34. The Kier molecular flexibility index (Phi) is 3.81. The maximum absolute atomic E-state index is 11.8. The van der Waals surface area contributed by atoms with E-state index in [0.29, 0.717) is 11.6 Å². The van der Waals surface area contributed by atoms with Crippen LogP contribution in [-0.2, 0) is 11.3 Å². The van der Waals surface area contributed by atoms with Gasteiger partial charge in [0.1, 0.15) is 6.54 Å². The first kappa shape index (κ1) is 13.9. The van der Waals surface area contributed by atoms with Crippen molar-refractivity contribution in [2.45, 2.75) is 32.2 Å². The highest BCUT2D eigenvalue weighted by molar-refractivity contribution is 5.88. The second-order valence-corrected chi connectivity index (χ2v) is 6.09. The SMILES string of the molecule is O=C(O)Cn1cc(NC(=O)NCC2CC3CCC2C3)cn1. The van der Waals surface area contributed by atoms with Gasteiger partial charge < -0.3 is 15.7 Å². The van der Waals surface area contributed by atoms with Gasteiger partial charge in [0.25, 0.3) is 0 Å². The van der Waals surface area contributed by atoms with E-state index in [1.165, 1.54) is 42.8 Å². The Hall–Kier alpha value is -2.05. The van der Waals surface area contributed by atoms with Crippen LogP contribution in [0.25, 0.3) is 0 Å². The molecule has 2 amide bonds. The second-order valence-electron chi connectivity index (χ2n) is 6.09. The van der Waals surface area contributed by atoms with Crippen molar-refractivity contribution in [3.63, 3.8) is 0 Å². The van der Waals surface area contributed by atoms with E-state index in [0.717, 1.165) is 18.4 Å². The molecule has 3 rings (SSSR count). The van der Waals surface area contributed by atoms with Crippen molar-refractivity contribution in [2.24, 2.45) is 17.8 Å². The monoisotopic (exact) mass is 292 g/mol. The minimum Gasteiger partial charge on any atom is -0.480 e. The molecule has 7 nitrogen and oxygen atoms in total. The van der Waals surface area contributed by atoms with Crippen molar-refractivity contribution < 1.29 is 14.7 Å². The van der Waals surface area contributed by atoms with Crippen LogP contribution < -0.4 is 10.6 Å². The fraction of sp³-hybridized carbons (Fsp3) is 0.643. The van der Waals surface area contributed by atoms with E-state index in [-0.39, 0.29) is 12.6 Å². The number of aliphatic carboxylic acids is 1. The van der Waals surface area contributed by atoms with Gasteiger partial charge in [-0.3, -0.25) is 9.48 Å². The number of aromatic nitrogens is 2. The number of amides is 2. The molecule has 3 unspecified atom stereocenters. The molecule has 1 aromatic rings. The summed E-state index contributed by atoms with van der Waals surface area (Å²) >= 11 is 0. The van der Waals surface area contributed by atoms with Gasteiger partial charge in [0, 0.05) is 12.7 Å². The normalized spacial score (nSPS) is 26.8. The van der Waals surface area contributed by atoms with Gasteiger partial charge in [-0.25, -0.2) is 4.79 Å². The first-order valence-electron chi connectivity index (χ1n) is 7.39. The standard InChI is InChI=1S/C14H20N4O3/c19-13(20)8-18-7-12(6-16-18)17-14(21)15-5-11-4-9-1-2-10(11)3-9/h6-7,9-11H,1-5,8H2,(H,19,20)(H2,15,17,21). The Morgan fingerprint density at radius 3 is 2.90 bits per heavy atom. The molecule has 0 aromatic carbocycles. The lowest BCUT2D eigenvalue weighted by Gasteiger charge is -2.21. The molecule has 1 heterocycles. The van der Waals surface area contributed by atoms with Crippen molar-refractivity contribution in [2.75, 3.05) is 11.9 Å². The van der Waals surface area contributed by atoms with E-state index >= 15 is 0 Å². The summed E-state index contributed by atoms with van der Waals surface area (Å²) in [5.41, 5.74) is 0.502. The molecule has 0 spiro atoms. The Balaban J connectivity index is 1.43. The molecule has 21 heavy (non-hydrogen) atoms. The number of carboxylic acid groups (broad SMARTS) is 1. The van der Waals surface area contributed by atoms with E-state index in [1.54, 1.807) is 0 Å². The molecule has 3 N–H and O–H groups in total. The van der Waals surface area contributed by atoms with Crippen LogP contribution in [0.4, 0.5) is 10.5 Å². The maximum atomic E-state index is 11.8. The van der Waals surface area contributed by atoms with Crippen LogP contribution in [-0.4, -0.2) is 33.4 Å². The minimum absolute atomic E-state index is 0.214. The summed E-state index contributed by atoms with van der Waals surface area (Å²) in [4.78, 5) is 22.4. The fourth-order valence-corrected chi connectivity index (χ4v) is 3.68. The summed E-state index contributed by atoms with van der Waals surface area (Å²) in [5, 5.41) is 18.1. The van der Waals surface area contributed by atoms with Crippen LogP contribution in [0.5, 0.6) is 0 Å². The molecular formula is C14H20N4O3. The first-order valence-corrected chi connectivity index (χ1v) is 7.39.